The number of amides is 4. The highest BCUT2D eigenvalue weighted by molar-refractivity contribution is 9.10. The molecule has 0 aromatic heterocycles. The van der Waals surface area contributed by atoms with Gasteiger partial charge in [0.25, 0.3) is 11.8 Å². The third kappa shape index (κ3) is 5.38. The number of nitrogens with one attached hydrogen (secondary N) is 1. The first kappa shape index (κ1) is 25.3. The highest BCUT2D eigenvalue weighted by Crippen LogP contribution is 2.32. The summed E-state index contributed by atoms with van der Waals surface area (Å²) < 4.78 is 6.64. The van der Waals surface area contributed by atoms with Crippen molar-refractivity contribution < 1.29 is 19.1 Å². The van der Waals surface area contributed by atoms with E-state index in [4.69, 9.17) is 39.5 Å². The summed E-state index contributed by atoms with van der Waals surface area (Å²) in [6.07, 6.45) is 1.38. The Morgan fingerprint density at radius 1 is 1.00 bits per heavy atom. The van der Waals surface area contributed by atoms with Gasteiger partial charge in [-0.25, -0.2) is 9.69 Å². The van der Waals surface area contributed by atoms with Crippen molar-refractivity contribution in [1.82, 2.24) is 5.32 Å². The number of hydrogen-bond donors (Lipinski definition) is 1. The summed E-state index contributed by atoms with van der Waals surface area (Å²) >= 11 is 21.8. The van der Waals surface area contributed by atoms with Crippen molar-refractivity contribution in [3.8, 4) is 5.75 Å². The Morgan fingerprint density at radius 3 is 2.51 bits per heavy atom. The van der Waals surface area contributed by atoms with Gasteiger partial charge in [0.1, 0.15) is 17.9 Å². The number of carbonyl (C=O) groups excluding carboxylic acids is 3. The largest absolute Gasteiger partial charge is 0.488 e. The summed E-state index contributed by atoms with van der Waals surface area (Å²) in [5.74, 6) is -1.20. The van der Waals surface area contributed by atoms with Gasteiger partial charge in [-0.2, -0.15) is 0 Å². The fraction of sp³-hybridized carbons (Fsp3) is 0.0800. The lowest BCUT2D eigenvalue weighted by Gasteiger charge is -2.28. The summed E-state index contributed by atoms with van der Waals surface area (Å²) in [7, 11) is 0. The van der Waals surface area contributed by atoms with Gasteiger partial charge >= 0.3 is 6.03 Å². The molecule has 6 nitrogen and oxygen atoms in total. The van der Waals surface area contributed by atoms with E-state index < -0.39 is 17.8 Å². The number of rotatable bonds is 5. The van der Waals surface area contributed by atoms with E-state index in [1.807, 2.05) is 0 Å². The molecule has 1 N–H and O–H groups in total. The second kappa shape index (κ2) is 10.4. The van der Waals surface area contributed by atoms with Crippen LogP contribution in [-0.4, -0.2) is 17.8 Å². The maximum absolute atomic E-state index is 13.3. The molecule has 3 aromatic carbocycles. The topological polar surface area (TPSA) is 75.7 Å². The van der Waals surface area contributed by atoms with Crippen LogP contribution >= 0.6 is 50.7 Å². The van der Waals surface area contributed by atoms with E-state index in [0.29, 0.717) is 42.0 Å². The second-order valence-electron chi connectivity index (χ2n) is 7.55. The standard InChI is InChI=1S/C25H16BrCl3N2O4/c1-13-19(28)3-2-4-21(13)31-24(33)18(23(32)30-25(31)34)10-15-9-16(26)6-8-22(15)35-12-14-5-7-17(27)11-20(14)29/h2-11H,12H2,1H3,(H,30,32,34)/b18-10+. The molecule has 1 fully saturated rings. The maximum Gasteiger partial charge on any atom is 0.335 e. The molecular weight excluding hydrogens is 579 g/mol. The van der Waals surface area contributed by atoms with E-state index in [0.717, 1.165) is 4.90 Å². The fourth-order valence-electron chi connectivity index (χ4n) is 3.43. The van der Waals surface area contributed by atoms with Crippen LogP contribution in [0.15, 0.2) is 64.6 Å². The van der Waals surface area contributed by atoms with Gasteiger partial charge in [0.2, 0.25) is 0 Å². The number of benzene rings is 3. The van der Waals surface area contributed by atoms with Gasteiger partial charge in [-0.15, -0.1) is 0 Å². The number of halogens is 4. The van der Waals surface area contributed by atoms with Crippen LogP contribution in [-0.2, 0) is 16.2 Å². The molecule has 1 aliphatic rings. The van der Waals surface area contributed by atoms with E-state index in [9.17, 15) is 14.4 Å². The van der Waals surface area contributed by atoms with Crippen molar-refractivity contribution in [3.63, 3.8) is 0 Å². The summed E-state index contributed by atoms with van der Waals surface area (Å²) in [6.45, 7) is 1.81. The quantitative estimate of drug-likeness (QED) is 0.256. The molecule has 0 saturated carbocycles. The molecule has 0 aliphatic carbocycles. The maximum atomic E-state index is 13.3. The first-order valence-electron chi connectivity index (χ1n) is 10.2. The molecule has 178 valence electrons. The van der Waals surface area contributed by atoms with Crippen LogP contribution in [0.2, 0.25) is 15.1 Å². The van der Waals surface area contributed by atoms with Crippen LogP contribution in [0.4, 0.5) is 10.5 Å². The molecule has 1 heterocycles. The normalized spacial score (nSPS) is 14.9. The summed E-state index contributed by atoms with van der Waals surface area (Å²) in [6, 6.07) is 14.2. The molecule has 1 aliphatic heterocycles. The highest BCUT2D eigenvalue weighted by Gasteiger charge is 2.37. The number of nitrogens with zero attached hydrogens (tertiary/aromatic N) is 1. The highest BCUT2D eigenvalue weighted by atomic mass is 79.9. The number of urea groups is 1. The Labute approximate surface area is 224 Å². The predicted octanol–water partition coefficient (Wildman–Crippen LogP) is 6.96. The van der Waals surface area contributed by atoms with Gasteiger partial charge < -0.3 is 4.74 Å². The van der Waals surface area contributed by atoms with Crippen LogP contribution in [0, 0.1) is 6.92 Å². The Kier molecular flexibility index (Phi) is 7.52. The van der Waals surface area contributed by atoms with Crippen molar-refractivity contribution in [3.05, 3.63) is 96.4 Å². The van der Waals surface area contributed by atoms with Crippen molar-refractivity contribution in [2.45, 2.75) is 13.5 Å². The SMILES string of the molecule is Cc1c(Cl)cccc1N1C(=O)NC(=O)/C(=C\c2cc(Br)ccc2OCc2ccc(Cl)cc2Cl)C1=O. The minimum Gasteiger partial charge on any atom is -0.488 e. The number of carbonyl (C=O) groups is 3. The lowest BCUT2D eigenvalue weighted by atomic mass is 10.0. The monoisotopic (exact) mass is 592 g/mol. The molecule has 4 amide bonds. The van der Waals surface area contributed by atoms with E-state index >= 15 is 0 Å². The fourth-order valence-corrected chi connectivity index (χ4v) is 4.44. The predicted molar refractivity (Wildman–Crippen MR) is 140 cm³/mol. The summed E-state index contributed by atoms with van der Waals surface area (Å²) in [4.78, 5) is 39.4. The van der Waals surface area contributed by atoms with Gasteiger partial charge in [0, 0.05) is 30.7 Å². The first-order chi connectivity index (χ1) is 16.7. The van der Waals surface area contributed by atoms with Crippen LogP contribution < -0.4 is 15.0 Å². The van der Waals surface area contributed by atoms with Gasteiger partial charge in [0.05, 0.1) is 5.69 Å². The molecule has 4 rings (SSSR count). The number of anilines is 1. The molecule has 0 unspecified atom stereocenters. The zero-order valence-electron chi connectivity index (χ0n) is 18.1. The minimum absolute atomic E-state index is 0.125. The second-order valence-corrected chi connectivity index (χ2v) is 9.71. The zero-order valence-corrected chi connectivity index (χ0v) is 21.9. The smallest absolute Gasteiger partial charge is 0.335 e. The van der Waals surface area contributed by atoms with Crippen molar-refractivity contribution in [2.24, 2.45) is 0 Å². The minimum atomic E-state index is -0.856. The van der Waals surface area contributed by atoms with E-state index in [-0.39, 0.29) is 17.9 Å². The van der Waals surface area contributed by atoms with Crippen LogP contribution in [0.1, 0.15) is 16.7 Å². The average molecular weight is 595 g/mol. The third-order valence-electron chi connectivity index (χ3n) is 5.25. The molecule has 35 heavy (non-hydrogen) atoms. The van der Waals surface area contributed by atoms with Crippen LogP contribution in [0.25, 0.3) is 6.08 Å². The number of barbiturate groups is 1. The third-order valence-corrected chi connectivity index (χ3v) is 6.74. The van der Waals surface area contributed by atoms with Gasteiger partial charge in [-0.05, 0) is 61.0 Å². The van der Waals surface area contributed by atoms with Crippen molar-refractivity contribution in [1.29, 1.82) is 0 Å². The Hall–Kier alpha value is -2.84. The molecule has 3 aromatic rings. The number of ether oxygens (including phenoxy) is 1. The van der Waals surface area contributed by atoms with Crippen molar-refractivity contribution >= 4 is 80.3 Å². The number of imide groups is 2. The van der Waals surface area contributed by atoms with Crippen molar-refractivity contribution in [2.75, 3.05) is 4.90 Å². The van der Waals surface area contributed by atoms with Gasteiger partial charge in [0.15, 0.2) is 0 Å². The lowest BCUT2D eigenvalue weighted by Crippen LogP contribution is -2.54. The average Bonchev–Trinajstić information content (AvgIpc) is 2.79. The Bertz CT molecular complexity index is 1410. The summed E-state index contributed by atoms with van der Waals surface area (Å²) in [5, 5.41) is 3.55. The summed E-state index contributed by atoms with van der Waals surface area (Å²) in [5.41, 5.74) is 1.72. The molecule has 0 atom stereocenters. The van der Waals surface area contributed by atoms with Crippen LogP contribution in [0.3, 0.4) is 0 Å². The van der Waals surface area contributed by atoms with E-state index in [2.05, 4.69) is 21.2 Å². The van der Waals surface area contributed by atoms with E-state index in [1.54, 1.807) is 61.5 Å². The Morgan fingerprint density at radius 2 is 1.77 bits per heavy atom. The van der Waals surface area contributed by atoms with Gasteiger partial charge in [-0.1, -0.05) is 62.9 Å². The van der Waals surface area contributed by atoms with Crippen LogP contribution in [0.5, 0.6) is 5.75 Å². The first-order valence-corrected chi connectivity index (χ1v) is 12.1. The Balaban J connectivity index is 1.70. The van der Waals surface area contributed by atoms with E-state index in [1.165, 1.54) is 6.08 Å². The zero-order chi connectivity index (χ0) is 25.3. The number of hydrogen-bond acceptors (Lipinski definition) is 4. The molecule has 0 radical (unpaired) electrons. The van der Waals surface area contributed by atoms with Gasteiger partial charge in [-0.3, -0.25) is 14.9 Å². The molecule has 10 heteroatoms. The lowest BCUT2D eigenvalue weighted by molar-refractivity contribution is -0.122. The molecular formula is C25H16BrCl3N2O4. The molecule has 1 saturated heterocycles. The molecule has 0 spiro atoms. The molecule has 0 bridgehead atoms.